The number of unbranched alkanes of at least 4 members (excludes halogenated alkanes) is 2. The van der Waals surface area contributed by atoms with Crippen molar-refractivity contribution in [3.8, 4) is 0 Å². The van der Waals surface area contributed by atoms with Gasteiger partial charge in [-0.25, -0.2) is 18.0 Å². The number of hydrogen-bond acceptors (Lipinski definition) is 22. The van der Waals surface area contributed by atoms with Crippen molar-refractivity contribution in [3.05, 3.63) is 118 Å². The summed E-state index contributed by atoms with van der Waals surface area (Å²) in [6, 6.07) is 26.2. The van der Waals surface area contributed by atoms with Crippen LogP contribution in [-0.4, -0.2) is 188 Å². The molecule has 7 rings (SSSR count). The Bertz CT molecular complexity index is 2850. The summed E-state index contributed by atoms with van der Waals surface area (Å²) in [4.78, 5) is 30.9. The topological polar surface area (TPSA) is 387 Å². The van der Waals surface area contributed by atoms with Crippen molar-refractivity contribution in [1.29, 1.82) is 0 Å². The zero-order chi connectivity index (χ0) is 61.6. The minimum atomic E-state index is -5.16. The fourth-order valence-corrected chi connectivity index (χ4v) is 11.2. The van der Waals surface area contributed by atoms with Crippen LogP contribution in [0.4, 0.5) is 4.79 Å². The number of carboxylic acids is 1. The average molecular weight is 1240 g/mol. The van der Waals surface area contributed by atoms with E-state index in [-0.39, 0.29) is 19.8 Å². The van der Waals surface area contributed by atoms with E-state index in [1.165, 1.54) is 20.8 Å². The van der Waals surface area contributed by atoms with Crippen LogP contribution in [0.1, 0.15) is 70.6 Å². The summed E-state index contributed by atoms with van der Waals surface area (Å²) in [6.45, 7) is 7.00. The summed E-state index contributed by atoms with van der Waals surface area (Å²) in [5.41, 5.74) is 12.3. The highest BCUT2D eigenvalue weighted by Gasteiger charge is 2.55. The van der Waals surface area contributed by atoms with E-state index in [2.05, 4.69) is 10.0 Å². The van der Waals surface area contributed by atoms with Crippen LogP contribution in [0, 0.1) is 23.7 Å². The van der Waals surface area contributed by atoms with Crippen LogP contribution in [0.2, 0.25) is 0 Å². The molecule has 3 aromatic rings. The number of rotatable bonds is 28. The normalized spacial score (nSPS) is 33.5. The second-order valence-corrected chi connectivity index (χ2v) is 23.7. The predicted molar refractivity (Wildman–Crippen MR) is 293 cm³/mol. The van der Waals surface area contributed by atoms with E-state index >= 15 is 0 Å². The van der Waals surface area contributed by atoms with Crippen molar-refractivity contribution < 1.29 is 112 Å². The van der Waals surface area contributed by atoms with Gasteiger partial charge in [-0.05, 0) is 60.2 Å². The summed E-state index contributed by atoms with van der Waals surface area (Å²) in [5.74, 6) is -5.10. The Morgan fingerprint density at radius 3 is 1.68 bits per heavy atom. The number of aliphatic hydroxyl groups is 3. The van der Waals surface area contributed by atoms with E-state index < -0.39 is 168 Å². The van der Waals surface area contributed by atoms with Crippen LogP contribution >= 0.6 is 0 Å². The van der Waals surface area contributed by atoms with E-state index in [4.69, 9.17) is 55.7 Å². The van der Waals surface area contributed by atoms with Crippen molar-refractivity contribution in [3.63, 3.8) is 0 Å². The van der Waals surface area contributed by atoms with Crippen LogP contribution in [0.5, 0.6) is 0 Å². The summed E-state index contributed by atoms with van der Waals surface area (Å²) in [6.07, 6.45) is -21.2. The van der Waals surface area contributed by atoms with Gasteiger partial charge in [0.05, 0.1) is 44.2 Å². The van der Waals surface area contributed by atoms with Crippen molar-refractivity contribution >= 4 is 32.9 Å². The van der Waals surface area contributed by atoms with Gasteiger partial charge in [0.15, 0.2) is 31.3 Å². The van der Waals surface area contributed by atoms with E-state index in [0.717, 1.165) is 16.7 Å². The van der Waals surface area contributed by atoms with E-state index in [9.17, 15) is 61.5 Å². The van der Waals surface area contributed by atoms with Gasteiger partial charge in [0.25, 0.3) is 0 Å². The van der Waals surface area contributed by atoms with Crippen LogP contribution in [-0.2, 0) is 101 Å². The van der Waals surface area contributed by atoms with Crippen LogP contribution < -0.4 is 0 Å². The molecule has 0 saturated carbocycles. The standard InChI is InChI=1S/C55H76N4O24S2/c1-31-32(2)51(72-25-17-9-16-24-59(26-36-18-10-6-11-19-36)55(65)74-28-38-22-14-8-15-23-38)78-39(29-75-84(66,67)68)45(31)80-53-42(60)34(4)47(49(83-53)50(63)64)82-52-41(57-58-56)33(3)46(40(79-52)30-76-85(69,70)71)81-54-44(62)48(43(61)35(5)77-54)73-27-37-20-12-7-13-21-37/h6-8,10-15,18-23,31-35,39-49,51-54,60-62H,9,16-17,24-30H2,1-5H3,(H,63,64)(H,66,67,68)(H,69,70,71)/t31-,32?,33-,34-,35?,39?,40?,41?,42?,43-,44?,45+,46+,47+,48-,49?,51+,52-,53-,54+/m1/s1. The lowest BCUT2D eigenvalue weighted by Gasteiger charge is -2.50. The number of azide groups is 1. The number of carbonyl (C=O) groups excluding carboxylic acids is 1. The molecular formula is C55H76N4O24S2. The molecule has 85 heavy (non-hydrogen) atoms. The molecule has 4 fully saturated rings. The first-order chi connectivity index (χ1) is 40.4. The first-order valence-electron chi connectivity index (χ1n) is 27.8. The quantitative estimate of drug-likeness (QED) is 0.0188. The highest BCUT2D eigenvalue weighted by atomic mass is 32.3. The molecule has 4 heterocycles. The van der Waals surface area contributed by atoms with Gasteiger partial charge in [-0.3, -0.25) is 9.11 Å². The number of carbonyl (C=O) groups is 2. The molecule has 3 aromatic carbocycles. The van der Waals surface area contributed by atoms with E-state index in [1.807, 2.05) is 60.7 Å². The smallest absolute Gasteiger partial charge is 0.410 e. The Kier molecular flexibility index (Phi) is 24.8. The number of ether oxygens (including phenoxy) is 10. The molecule has 0 aromatic heterocycles. The van der Waals surface area contributed by atoms with Gasteiger partial charge in [-0.2, -0.15) is 16.8 Å². The first kappa shape index (κ1) is 67.5. The van der Waals surface area contributed by atoms with E-state index in [1.54, 1.807) is 49.1 Å². The summed E-state index contributed by atoms with van der Waals surface area (Å²) in [7, 11) is -10.2. The molecular weight excluding hydrogens is 1160 g/mol. The molecule has 0 spiro atoms. The number of benzene rings is 3. The molecule has 472 valence electrons. The lowest BCUT2D eigenvalue weighted by atomic mass is 9.84. The van der Waals surface area contributed by atoms with Crippen molar-refractivity contribution in [1.82, 2.24) is 4.90 Å². The molecule has 0 bridgehead atoms. The Hall–Kier alpha value is -5.03. The largest absolute Gasteiger partial charge is 0.479 e. The van der Waals surface area contributed by atoms with Gasteiger partial charge >= 0.3 is 32.9 Å². The van der Waals surface area contributed by atoms with Gasteiger partial charge in [-0.1, -0.05) is 124 Å². The molecule has 1 amide bonds. The molecule has 4 aliphatic rings. The number of amides is 1. The monoisotopic (exact) mass is 1240 g/mol. The SMILES string of the molecule is CC1[C@@H](OCCCCCN(Cc2ccccc2)C(=O)OCc2ccccc2)OC(COS(=O)(=O)O)[C@@H](O[C@@H]2OC(C(=O)O)[C@@H](O[C@H]3OC(COS(=O)(=O)O)[C@@H](O[C@@H]4OC(C)[C@@H](O)[C@@H](OCc5ccccc5)C4O)[C@H](C)C3N=[N+]=[N-])[C@H](C)C2O)[C@@H]1C. The van der Waals surface area contributed by atoms with Crippen molar-refractivity contribution in [2.24, 2.45) is 28.8 Å². The predicted octanol–water partition coefficient (Wildman–Crippen LogP) is 4.70. The van der Waals surface area contributed by atoms with E-state index in [0.29, 0.717) is 32.4 Å². The Morgan fingerprint density at radius 2 is 1.12 bits per heavy atom. The minimum Gasteiger partial charge on any atom is -0.479 e. The maximum absolute atomic E-state index is 13.3. The van der Waals surface area contributed by atoms with Gasteiger partial charge in [-0.15, -0.1) is 0 Å². The molecule has 4 saturated heterocycles. The Labute approximate surface area is 492 Å². The highest BCUT2D eigenvalue weighted by Crippen LogP contribution is 2.41. The Morgan fingerprint density at radius 1 is 0.588 bits per heavy atom. The number of nitrogens with zero attached hydrogens (tertiary/aromatic N) is 4. The zero-order valence-electron chi connectivity index (χ0n) is 47.4. The molecule has 30 heteroatoms. The minimum absolute atomic E-state index is 0.0263. The van der Waals surface area contributed by atoms with Crippen LogP contribution in [0.15, 0.2) is 96.1 Å². The van der Waals surface area contributed by atoms with Gasteiger partial charge in [0.2, 0.25) is 0 Å². The van der Waals surface area contributed by atoms with Crippen molar-refractivity contribution in [2.45, 2.75) is 172 Å². The van der Waals surface area contributed by atoms with Gasteiger partial charge < -0.3 is 72.7 Å². The van der Waals surface area contributed by atoms with Crippen LogP contribution in [0.25, 0.3) is 10.4 Å². The molecule has 20 atom stereocenters. The molecule has 6 N–H and O–H groups in total. The maximum Gasteiger partial charge on any atom is 0.410 e. The molecule has 4 aliphatic heterocycles. The third-order valence-electron chi connectivity index (χ3n) is 15.5. The first-order valence-corrected chi connectivity index (χ1v) is 30.6. The number of aliphatic carboxylic acids is 1. The molecule has 0 radical (unpaired) electrons. The summed E-state index contributed by atoms with van der Waals surface area (Å²) in [5, 5.41) is 48.9. The number of carboxylic acid groups (broad SMARTS) is 1. The highest BCUT2D eigenvalue weighted by molar-refractivity contribution is 7.81. The summed E-state index contributed by atoms with van der Waals surface area (Å²) < 4.78 is 137. The molecule has 8 unspecified atom stereocenters. The van der Waals surface area contributed by atoms with Crippen LogP contribution in [0.3, 0.4) is 0 Å². The van der Waals surface area contributed by atoms with Gasteiger partial charge in [0, 0.05) is 36.4 Å². The number of hydrogen-bond donors (Lipinski definition) is 6. The molecule has 0 aliphatic carbocycles. The second kappa shape index (κ2) is 31.2. The Balaban J connectivity index is 0.998. The maximum atomic E-state index is 13.3. The fourth-order valence-electron chi connectivity index (χ4n) is 10.6. The number of aliphatic hydroxyl groups excluding tert-OH is 3. The fraction of sp³-hybridized carbons (Fsp3) is 0.636. The molecule has 28 nitrogen and oxygen atoms in total. The third-order valence-corrected chi connectivity index (χ3v) is 16.4. The zero-order valence-corrected chi connectivity index (χ0v) is 49.0. The lowest BCUT2D eigenvalue weighted by molar-refractivity contribution is -0.362. The second-order valence-electron chi connectivity index (χ2n) is 21.5. The summed E-state index contributed by atoms with van der Waals surface area (Å²) >= 11 is 0. The third kappa shape index (κ3) is 19.0. The lowest BCUT2D eigenvalue weighted by Crippen LogP contribution is -2.64. The van der Waals surface area contributed by atoms with Crippen molar-refractivity contribution in [2.75, 3.05) is 26.4 Å². The van der Waals surface area contributed by atoms with Gasteiger partial charge in [0.1, 0.15) is 49.3 Å². The average Bonchev–Trinajstić information content (AvgIpc) is 1.43.